The Kier molecular flexibility index (Phi) is 3.30. The Labute approximate surface area is 107 Å². The van der Waals surface area contributed by atoms with E-state index in [4.69, 9.17) is 4.74 Å². The Morgan fingerprint density at radius 1 is 1.50 bits per heavy atom. The zero-order valence-electron chi connectivity index (χ0n) is 10.7. The molecule has 1 aliphatic rings. The lowest BCUT2D eigenvalue weighted by atomic mass is 10.0. The Balaban J connectivity index is 1.60. The monoisotopic (exact) mass is 245 g/mol. The lowest BCUT2D eigenvalue weighted by Crippen LogP contribution is -2.26. The van der Waals surface area contributed by atoms with Crippen LogP contribution in [0, 0.1) is 5.92 Å². The molecule has 1 aliphatic heterocycles. The van der Waals surface area contributed by atoms with Crippen molar-refractivity contribution in [3.8, 4) is 0 Å². The number of pyridine rings is 1. The van der Waals surface area contributed by atoms with Gasteiger partial charge in [0.1, 0.15) is 0 Å². The van der Waals surface area contributed by atoms with E-state index in [0.29, 0.717) is 12.0 Å². The Hall–Kier alpha value is -1.39. The van der Waals surface area contributed by atoms with Crippen LogP contribution in [0.5, 0.6) is 0 Å². The van der Waals surface area contributed by atoms with Gasteiger partial charge in [-0.3, -0.25) is 0 Å². The largest absolute Gasteiger partial charge is 0.378 e. The summed E-state index contributed by atoms with van der Waals surface area (Å²) in [5.74, 6) is 0.645. The van der Waals surface area contributed by atoms with Crippen molar-refractivity contribution in [2.24, 2.45) is 5.92 Å². The summed E-state index contributed by atoms with van der Waals surface area (Å²) in [7, 11) is 0. The minimum absolute atomic E-state index is 0.390. The molecule has 2 atom stereocenters. The molecule has 0 aliphatic carbocycles. The Morgan fingerprint density at radius 2 is 2.44 bits per heavy atom. The summed E-state index contributed by atoms with van der Waals surface area (Å²) in [6.07, 6.45) is 5.48. The summed E-state index contributed by atoms with van der Waals surface area (Å²) in [5.41, 5.74) is 2.43. The zero-order valence-corrected chi connectivity index (χ0v) is 10.7. The van der Waals surface area contributed by atoms with Gasteiger partial charge >= 0.3 is 0 Å². The highest BCUT2D eigenvalue weighted by Crippen LogP contribution is 2.19. The van der Waals surface area contributed by atoms with Gasteiger partial charge in [-0.2, -0.15) is 5.10 Å². The van der Waals surface area contributed by atoms with Gasteiger partial charge in [0.05, 0.1) is 17.8 Å². The van der Waals surface area contributed by atoms with E-state index in [0.717, 1.165) is 19.7 Å². The maximum atomic E-state index is 5.57. The molecular weight excluding hydrogens is 226 g/mol. The van der Waals surface area contributed by atoms with Crippen LogP contribution in [0.2, 0.25) is 0 Å². The van der Waals surface area contributed by atoms with Gasteiger partial charge < -0.3 is 10.1 Å². The van der Waals surface area contributed by atoms with Crippen LogP contribution in [0.15, 0.2) is 30.6 Å². The molecular formula is C14H19N3O. The van der Waals surface area contributed by atoms with Crippen molar-refractivity contribution < 1.29 is 4.74 Å². The van der Waals surface area contributed by atoms with Crippen LogP contribution in [0.25, 0.3) is 5.52 Å². The van der Waals surface area contributed by atoms with Crippen molar-refractivity contribution in [3.05, 3.63) is 36.2 Å². The van der Waals surface area contributed by atoms with Crippen LogP contribution >= 0.6 is 0 Å². The molecule has 96 valence electrons. The number of hydrogen-bond acceptors (Lipinski definition) is 3. The summed E-state index contributed by atoms with van der Waals surface area (Å²) >= 11 is 0. The maximum absolute atomic E-state index is 5.57. The molecule has 0 aromatic carbocycles. The second-order valence-corrected chi connectivity index (χ2v) is 4.96. The fourth-order valence-electron chi connectivity index (χ4n) is 2.56. The number of nitrogens with zero attached hydrogens (tertiary/aromatic N) is 2. The number of rotatable bonds is 4. The Morgan fingerprint density at radius 3 is 3.28 bits per heavy atom. The highest BCUT2D eigenvalue weighted by atomic mass is 16.5. The molecule has 0 saturated carbocycles. The summed E-state index contributed by atoms with van der Waals surface area (Å²) in [6.45, 7) is 4.96. The van der Waals surface area contributed by atoms with E-state index in [-0.39, 0.29) is 0 Å². The van der Waals surface area contributed by atoms with Crippen molar-refractivity contribution in [2.45, 2.75) is 26.0 Å². The van der Waals surface area contributed by atoms with Crippen LogP contribution in [0.3, 0.4) is 0 Å². The second kappa shape index (κ2) is 5.08. The average Bonchev–Trinajstić information content (AvgIpc) is 2.97. The molecule has 2 aromatic rings. The van der Waals surface area contributed by atoms with Gasteiger partial charge in [0.2, 0.25) is 0 Å². The van der Waals surface area contributed by atoms with Gasteiger partial charge in [-0.25, -0.2) is 4.52 Å². The van der Waals surface area contributed by atoms with Crippen molar-refractivity contribution in [2.75, 3.05) is 13.2 Å². The van der Waals surface area contributed by atoms with Gasteiger partial charge in [-0.1, -0.05) is 6.07 Å². The van der Waals surface area contributed by atoms with Crippen LogP contribution < -0.4 is 5.32 Å². The molecule has 2 aromatic heterocycles. The van der Waals surface area contributed by atoms with Crippen LogP contribution in [-0.4, -0.2) is 28.9 Å². The predicted octanol–water partition coefficient (Wildman–Crippen LogP) is 1.85. The molecule has 1 N–H and O–H groups in total. The molecule has 0 bridgehead atoms. The zero-order chi connectivity index (χ0) is 12.4. The third-order valence-corrected chi connectivity index (χ3v) is 3.76. The first-order valence-corrected chi connectivity index (χ1v) is 6.58. The predicted molar refractivity (Wildman–Crippen MR) is 70.4 cm³/mol. The number of ether oxygens (including phenoxy) is 1. The van der Waals surface area contributed by atoms with Crippen LogP contribution in [0.1, 0.15) is 18.9 Å². The van der Waals surface area contributed by atoms with E-state index in [2.05, 4.69) is 23.4 Å². The van der Waals surface area contributed by atoms with Gasteiger partial charge in [0, 0.05) is 31.5 Å². The third kappa shape index (κ3) is 2.26. The molecule has 3 heterocycles. The normalized spacial score (nSPS) is 23.8. The van der Waals surface area contributed by atoms with E-state index in [1.807, 2.05) is 29.0 Å². The molecule has 18 heavy (non-hydrogen) atoms. The summed E-state index contributed by atoms with van der Waals surface area (Å²) in [6, 6.07) is 6.15. The number of hydrogen-bond donors (Lipinski definition) is 1. The van der Waals surface area contributed by atoms with Crippen molar-refractivity contribution >= 4 is 5.52 Å². The lowest BCUT2D eigenvalue weighted by Gasteiger charge is -2.14. The van der Waals surface area contributed by atoms with Crippen LogP contribution in [-0.2, 0) is 11.3 Å². The van der Waals surface area contributed by atoms with Gasteiger partial charge in [0.25, 0.3) is 0 Å². The molecule has 0 amide bonds. The fraction of sp³-hybridized carbons (Fsp3) is 0.500. The lowest BCUT2D eigenvalue weighted by molar-refractivity contribution is 0.105. The minimum atomic E-state index is 0.390. The van der Waals surface area contributed by atoms with E-state index >= 15 is 0 Å². The highest BCUT2D eigenvalue weighted by Gasteiger charge is 2.23. The molecule has 0 spiro atoms. The Bertz CT molecular complexity index is 522. The van der Waals surface area contributed by atoms with E-state index < -0.39 is 0 Å². The standard InChI is InChI=1S/C14H19N3O/c1-11-12(5-7-18-11)8-15-9-13-10-16-17-6-3-2-4-14(13)17/h2-4,6,10-12,15H,5,7-9H2,1H3. The quantitative estimate of drug-likeness (QED) is 0.893. The van der Waals surface area contributed by atoms with E-state index in [1.165, 1.54) is 17.5 Å². The third-order valence-electron chi connectivity index (χ3n) is 3.76. The van der Waals surface area contributed by atoms with Crippen molar-refractivity contribution in [1.82, 2.24) is 14.9 Å². The van der Waals surface area contributed by atoms with Crippen molar-refractivity contribution in [1.29, 1.82) is 0 Å². The van der Waals surface area contributed by atoms with Gasteiger partial charge in [0.15, 0.2) is 0 Å². The van der Waals surface area contributed by atoms with Gasteiger partial charge in [-0.05, 0) is 31.4 Å². The topological polar surface area (TPSA) is 38.6 Å². The molecule has 4 heteroatoms. The number of aromatic nitrogens is 2. The molecule has 4 nitrogen and oxygen atoms in total. The van der Waals surface area contributed by atoms with E-state index in [1.54, 1.807) is 0 Å². The summed E-state index contributed by atoms with van der Waals surface area (Å²) in [4.78, 5) is 0. The first kappa shape index (κ1) is 11.7. The highest BCUT2D eigenvalue weighted by molar-refractivity contribution is 5.53. The summed E-state index contributed by atoms with van der Waals surface area (Å²) < 4.78 is 7.48. The molecule has 0 radical (unpaired) electrons. The first-order chi connectivity index (χ1) is 8.84. The van der Waals surface area contributed by atoms with Crippen molar-refractivity contribution in [3.63, 3.8) is 0 Å². The average molecular weight is 245 g/mol. The molecule has 1 fully saturated rings. The molecule has 2 unspecified atom stereocenters. The van der Waals surface area contributed by atoms with E-state index in [9.17, 15) is 0 Å². The minimum Gasteiger partial charge on any atom is -0.378 e. The van der Waals surface area contributed by atoms with Gasteiger partial charge in [-0.15, -0.1) is 0 Å². The number of nitrogens with one attached hydrogen (secondary N) is 1. The SMILES string of the molecule is CC1OCCC1CNCc1cnn2ccccc12. The second-order valence-electron chi connectivity index (χ2n) is 4.96. The molecule has 1 saturated heterocycles. The molecule has 3 rings (SSSR count). The summed E-state index contributed by atoms with van der Waals surface area (Å²) in [5, 5.41) is 7.85. The first-order valence-electron chi connectivity index (χ1n) is 6.58. The van der Waals surface area contributed by atoms with Crippen LogP contribution in [0.4, 0.5) is 0 Å². The smallest absolute Gasteiger partial charge is 0.0706 e. The number of fused-ring (bicyclic) bond motifs is 1. The fourth-order valence-corrected chi connectivity index (χ4v) is 2.56. The maximum Gasteiger partial charge on any atom is 0.0706 e.